The standard InChI is InChI=1S/C22H14O12S2/c23-19(24)11-5-7-15(13(9-11)21(27)28)35(31,32)17-3-1-2-4-18(17)36(33,34)16-8-6-12(20(25)26)10-14(16)22(29)30/h1-10H,(H,23,24)(H,25,26)(H,27,28)(H,29,30). The highest BCUT2D eigenvalue weighted by molar-refractivity contribution is 7.94. The van der Waals surface area contributed by atoms with E-state index in [0.717, 1.165) is 36.4 Å². The number of rotatable bonds is 8. The lowest BCUT2D eigenvalue weighted by atomic mass is 10.1. The first-order valence-electron chi connectivity index (χ1n) is 9.50. The summed E-state index contributed by atoms with van der Waals surface area (Å²) >= 11 is 0. The van der Waals surface area contributed by atoms with Crippen molar-refractivity contribution in [2.75, 3.05) is 0 Å². The molecule has 3 aromatic rings. The summed E-state index contributed by atoms with van der Waals surface area (Å²) in [5.74, 6) is -6.66. The van der Waals surface area contributed by atoms with Crippen molar-refractivity contribution in [2.24, 2.45) is 0 Å². The number of carbonyl (C=O) groups is 4. The van der Waals surface area contributed by atoms with Gasteiger partial charge in [0.15, 0.2) is 0 Å². The van der Waals surface area contributed by atoms with Crippen molar-refractivity contribution >= 4 is 43.6 Å². The van der Waals surface area contributed by atoms with Gasteiger partial charge in [-0.2, -0.15) is 0 Å². The Morgan fingerprint density at radius 1 is 0.472 bits per heavy atom. The van der Waals surface area contributed by atoms with Crippen LogP contribution in [0.25, 0.3) is 0 Å². The third kappa shape index (κ3) is 4.54. The Bertz CT molecular complexity index is 1540. The quantitative estimate of drug-likeness (QED) is 0.327. The Kier molecular flexibility index (Phi) is 6.69. The van der Waals surface area contributed by atoms with Gasteiger partial charge in [-0.25, -0.2) is 36.0 Å². The molecule has 36 heavy (non-hydrogen) atoms. The average Bonchev–Trinajstić information content (AvgIpc) is 2.83. The minimum absolute atomic E-state index is 0.531. The van der Waals surface area contributed by atoms with Crippen LogP contribution in [0.3, 0.4) is 0 Å². The van der Waals surface area contributed by atoms with Crippen molar-refractivity contribution < 1.29 is 56.4 Å². The van der Waals surface area contributed by atoms with Gasteiger partial charge in [-0.3, -0.25) is 0 Å². The summed E-state index contributed by atoms with van der Waals surface area (Å²) in [7, 11) is -9.86. The topological polar surface area (TPSA) is 217 Å². The second kappa shape index (κ2) is 9.24. The first kappa shape index (κ1) is 26.1. The molecule has 0 aliphatic carbocycles. The van der Waals surface area contributed by atoms with E-state index in [-0.39, 0.29) is 0 Å². The highest BCUT2D eigenvalue weighted by Gasteiger charge is 2.34. The van der Waals surface area contributed by atoms with E-state index in [2.05, 4.69) is 0 Å². The molecule has 12 nitrogen and oxygen atoms in total. The molecule has 3 rings (SSSR count). The lowest BCUT2D eigenvalue weighted by molar-refractivity contribution is 0.0673. The van der Waals surface area contributed by atoms with Crippen LogP contribution in [0, 0.1) is 0 Å². The summed E-state index contributed by atoms with van der Waals surface area (Å²) in [6.07, 6.45) is 0. The van der Waals surface area contributed by atoms with Crippen LogP contribution in [0.5, 0.6) is 0 Å². The lowest BCUT2D eigenvalue weighted by Crippen LogP contribution is -2.16. The number of benzene rings is 3. The first-order chi connectivity index (χ1) is 16.7. The minimum atomic E-state index is -4.93. The predicted molar refractivity (Wildman–Crippen MR) is 118 cm³/mol. The van der Waals surface area contributed by atoms with Gasteiger partial charge in [0.25, 0.3) is 0 Å². The molecule has 0 unspecified atom stereocenters. The van der Waals surface area contributed by atoms with E-state index in [0.29, 0.717) is 24.3 Å². The van der Waals surface area contributed by atoms with E-state index in [9.17, 15) is 46.2 Å². The van der Waals surface area contributed by atoms with E-state index in [1.807, 2.05) is 0 Å². The smallest absolute Gasteiger partial charge is 0.337 e. The maximum absolute atomic E-state index is 13.4. The highest BCUT2D eigenvalue weighted by atomic mass is 32.2. The molecule has 0 aromatic heterocycles. The molecule has 0 fully saturated rings. The van der Waals surface area contributed by atoms with E-state index in [1.165, 1.54) is 0 Å². The van der Waals surface area contributed by atoms with Crippen molar-refractivity contribution in [3.63, 3.8) is 0 Å². The Morgan fingerprint density at radius 2 is 0.806 bits per heavy atom. The Hall–Kier alpha value is -4.56. The van der Waals surface area contributed by atoms with Crippen LogP contribution in [0.2, 0.25) is 0 Å². The van der Waals surface area contributed by atoms with Gasteiger partial charge in [0.05, 0.1) is 41.8 Å². The zero-order chi connectivity index (χ0) is 27.0. The summed E-state index contributed by atoms with van der Waals surface area (Å²) in [5.41, 5.74) is -2.92. The number of carboxylic acid groups (broad SMARTS) is 4. The van der Waals surface area contributed by atoms with E-state index < -0.39 is 85.4 Å². The molecule has 0 saturated carbocycles. The molecular formula is C22H14O12S2. The van der Waals surface area contributed by atoms with Crippen LogP contribution in [-0.2, 0) is 19.7 Å². The van der Waals surface area contributed by atoms with Crippen LogP contribution in [0.4, 0.5) is 0 Å². The third-order valence-corrected chi connectivity index (χ3v) is 8.79. The molecule has 3 aromatic carbocycles. The molecule has 0 heterocycles. The Labute approximate surface area is 202 Å². The number of sulfone groups is 2. The fraction of sp³-hybridized carbons (Fsp3) is 0. The molecule has 4 N–H and O–H groups in total. The maximum Gasteiger partial charge on any atom is 0.337 e. The predicted octanol–water partition coefficient (Wildman–Crippen LogP) is 2.15. The molecule has 0 bridgehead atoms. The van der Waals surface area contributed by atoms with Crippen LogP contribution in [-0.4, -0.2) is 61.1 Å². The normalized spacial score (nSPS) is 11.6. The Morgan fingerprint density at radius 3 is 1.08 bits per heavy atom. The fourth-order valence-electron chi connectivity index (χ4n) is 3.26. The molecule has 0 amide bonds. The molecule has 186 valence electrons. The largest absolute Gasteiger partial charge is 0.478 e. The monoisotopic (exact) mass is 534 g/mol. The zero-order valence-corrected chi connectivity index (χ0v) is 19.3. The van der Waals surface area contributed by atoms with Crippen LogP contribution >= 0.6 is 0 Å². The van der Waals surface area contributed by atoms with Crippen LogP contribution in [0.1, 0.15) is 41.4 Å². The summed E-state index contributed by atoms with van der Waals surface area (Å²) < 4.78 is 53.7. The van der Waals surface area contributed by atoms with Crippen molar-refractivity contribution in [2.45, 2.75) is 19.6 Å². The van der Waals surface area contributed by atoms with E-state index in [1.54, 1.807) is 0 Å². The lowest BCUT2D eigenvalue weighted by Gasteiger charge is -2.14. The number of carboxylic acids is 4. The van der Waals surface area contributed by atoms with Crippen LogP contribution < -0.4 is 0 Å². The SMILES string of the molecule is O=C(O)c1ccc(S(=O)(=O)c2ccccc2S(=O)(=O)c2ccc(C(=O)O)cc2C(=O)O)c(C(=O)O)c1. The summed E-state index contributed by atoms with van der Waals surface area (Å²) in [5, 5.41) is 37.1. The summed E-state index contributed by atoms with van der Waals surface area (Å²) in [6.45, 7) is 0. The number of hydrogen-bond acceptors (Lipinski definition) is 8. The summed E-state index contributed by atoms with van der Waals surface area (Å²) in [4.78, 5) is 42.2. The molecule has 14 heteroatoms. The van der Waals surface area contributed by atoms with Gasteiger partial charge < -0.3 is 20.4 Å². The molecular weight excluding hydrogens is 520 g/mol. The van der Waals surface area contributed by atoms with E-state index >= 15 is 0 Å². The van der Waals surface area contributed by atoms with Gasteiger partial charge in [-0.05, 0) is 48.5 Å². The molecule has 0 atom stereocenters. The van der Waals surface area contributed by atoms with Gasteiger partial charge in [0.2, 0.25) is 19.7 Å². The molecule has 0 saturated heterocycles. The fourth-order valence-corrected chi connectivity index (χ4v) is 6.94. The maximum atomic E-state index is 13.4. The summed E-state index contributed by atoms with van der Waals surface area (Å²) in [6, 6.07) is 8.25. The van der Waals surface area contributed by atoms with Crippen molar-refractivity contribution in [3.8, 4) is 0 Å². The van der Waals surface area contributed by atoms with Crippen molar-refractivity contribution in [3.05, 3.63) is 82.9 Å². The minimum Gasteiger partial charge on any atom is -0.478 e. The molecule has 0 spiro atoms. The second-order valence-corrected chi connectivity index (χ2v) is 10.9. The Balaban J connectivity index is 2.32. The molecule has 0 aliphatic rings. The second-order valence-electron chi connectivity index (χ2n) is 7.10. The highest BCUT2D eigenvalue weighted by Crippen LogP contribution is 2.34. The third-order valence-electron chi connectivity index (χ3n) is 4.92. The number of aromatic carboxylic acids is 4. The van der Waals surface area contributed by atoms with Gasteiger partial charge in [0.1, 0.15) is 0 Å². The molecule has 0 radical (unpaired) electrons. The van der Waals surface area contributed by atoms with Crippen molar-refractivity contribution in [1.82, 2.24) is 0 Å². The van der Waals surface area contributed by atoms with E-state index in [4.69, 9.17) is 10.2 Å². The molecule has 0 aliphatic heterocycles. The average molecular weight is 534 g/mol. The van der Waals surface area contributed by atoms with Crippen molar-refractivity contribution in [1.29, 1.82) is 0 Å². The van der Waals surface area contributed by atoms with Crippen LogP contribution in [0.15, 0.2) is 80.2 Å². The zero-order valence-electron chi connectivity index (χ0n) is 17.6. The first-order valence-corrected chi connectivity index (χ1v) is 12.5. The van der Waals surface area contributed by atoms with Gasteiger partial charge in [-0.1, -0.05) is 12.1 Å². The van der Waals surface area contributed by atoms with Gasteiger partial charge >= 0.3 is 23.9 Å². The van der Waals surface area contributed by atoms with Gasteiger partial charge in [-0.15, -0.1) is 0 Å². The van der Waals surface area contributed by atoms with Gasteiger partial charge in [0, 0.05) is 0 Å². The number of hydrogen-bond donors (Lipinski definition) is 4.